The van der Waals surface area contributed by atoms with E-state index in [1.807, 2.05) is 0 Å². The maximum atomic E-state index is 11.9. The fourth-order valence-corrected chi connectivity index (χ4v) is 1.69. The van der Waals surface area contributed by atoms with Crippen LogP contribution >= 0.6 is 0 Å². The van der Waals surface area contributed by atoms with Gasteiger partial charge in [-0.15, -0.1) is 0 Å². The third-order valence-corrected chi connectivity index (χ3v) is 2.56. The van der Waals surface area contributed by atoms with Crippen LogP contribution < -0.4 is 14.8 Å². The third kappa shape index (κ3) is 4.54. The molecule has 0 aromatic heterocycles. The van der Waals surface area contributed by atoms with Crippen molar-refractivity contribution in [3.05, 3.63) is 17.7 Å². The van der Waals surface area contributed by atoms with Gasteiger partial charge in [0.05, 0.1) is 27.0 Å². The molecule has 0 aliphatic heterocycles. The van der Waals surface area contributed by atoms with Crippen molar-refractivity contribution >= 4 is 17.7 Å². The normalized spacial score (nSPS) is 10.6. The molecular formula is C15H21NO6. The summed E-state index contributed by atoms with van der Waals surface area (Å²) in [5.41, 5.74) is -0.410. The summed E-state index contributed by atoms with van der Waals surface area (Å²) in [6, 6.07) is 3.01. The Hall–Kier alpha value is -2.44. The lowest BCUT2D eigenvalue weighted by Crippen LogP contribution is -2.28. The molecule has 0 atom stereocenters. The fourth-order valence-electron chi connectivity index (χ4n) is 1.69. The molecule has 0 aliphatic rings. The molecule has 0 fully saturated rings. The second-order valence-electron chi connectivity index (χ2n) is 5.37. The molecule has 0 bridgehead atoms. The van der Waals surface area contributed by atoms with Gasteiger partial charge in [-0.25, -0.2) is 9.59 Å². The Balaban J connectivity index is 3.25. The molecule has 0 heterocycles. The van der Waals surface area contributed by atoms with E-state index in [1.54, 1.807) is 20.8 Å². The van der Waals surface area contributed by atoms with Gasteiger partial charge in [0.2, 0.25) is 0 Å². The van der Waals surface area contributed by atoms with Crippen LogP contribution in [-0.4, -0.2) is 39.0 Å². The van der Waals surface area contributed by atoms with Gasteiger partial charge in [0.25, 0.3) is 0 Å². The van der Waals surface area contributed by atoms with Gasteiger partial charge in [-0.2, -0.15) is 0 Å². The van der Waals surface area contributed by atoms with Crippen molar-refractivity contribution in [1.82, 2.24) is 0 Å². The number of amides is 1. The van der Waals surface area contributed by atoms with Crippen molar-refractivity contribution in [3.8, 4) is 11.5 Å². The zero-order valence-electron chi connectivity index (χ0n) is 13.6. The van der Waals surface area contributed by atoms with E-state index >= 15 is 0 Å². The Labute approximate surface area is 129 Å². The second kappa shape index (κ2) is 7.02. The SMILES string of the molecule is COC(=O)c1c(NC(=O)OC(C)(C)C)cc(OC)cc1OC. The highest BCUT2D eigenvalue weighted by Gasteiger charge is 2.23. The maximum Gasteiger partial charge on any atom is 0.412 e. The predicted octanol–water partition coefficient (Wildman–Crippen LogP) is 2.84. The first-order valence-corrected chi connectivity index (χ1v) is 6.56. The number of ether oxygens (including phenoxy) is 4. The summed E-state index contributed by atoms with van der Waals surface area (Å²) in [5, 5.41) is 2.51. The van der Waals surface area contributed by atoms with Crippen LogP contribution in [0, 0.1) is 0 Å². The summed E-state index contributed by atoms with van der Waals surface area (Å²) in [7, 11) is 4.10. The lowest BCUT2D eigenvalue weighted by molar-refractivity contribution is 0.0598. The molecule has 1 aromatic rings. The first-order valence-electron chi connectivity index (χ1n) is 6.56. The van der Waals surface area contributed by atoms with Gasteiger partial charge in [0, 0.05) is 12.1 Å². The number of nitrogens with one attached hydrogen (secondary N) is 1. The van der Waals surface area contributed by atoms with Crippen molar-refractivity contribution in [2.45, 2.75) is 26.4 Å². The molecule has 22 heavy (non-hydrogen) atoms. The van der Waals surface area contributed by atoms with Gasteiger partial charge in [-0.3, -0.25) is 5.32 Å². The molecule has 0 aliphatic carbocycles. The Morgan fingerprint density at radius 1 is 1.05 bits per heavy atom. The average molecular weight is 311 g/mol. The van der Waals surface area contributed by atoms with Crippen molar-refractivity contribution in [1.29, 1.82) is 0 Å². The molecule has 1 N–H and O–H groups in total. The van der Waals surface area contributed by atoms with Crippen LogP contribution in [-0.2, 0) is 9.47 Å². The largest absolute Gasteiger partial charge is 0.497 e. The minimum absolute atomic E-state index is 0.0802. The summed E-state index contributed by atoms with van der Waals surface area (Å²) in [5.74, 6) is -0.0154. The van der Waals surface area contributed by atoms with Crippen molar-refractivity contribution < 1.29 is 28.5 Å². The number of rotatable bonds is 4. The van der Waals surface area contributed by atoms with Gasteiger partial charge in [-0.05, 0) is 20.8 Å². The number of carbonyl (C=O) groups is 2. The number of esters is 1. The lowest BCUT2D eigenvalue weighted by Gasteiger charge is -2.21. The van der Waals surface area contributed by atoms with E-state index in [1.165, 1.54) is 33.5 Å². The van der Waals surface area contributed by atoms with Crippen molar-refractivity contribution in [3.63, 3.8) is 0 Å². The first-order chi connectivity index (χ1) is 10.2. The molecule has 1 aromatic carbocycles. The first kappa shape index (κ1) is 17.6. The van der Waals surface area contributed by atoms with E-state index in [-0.39, 0.29) is 17.0 Å². The Morgan fingerprint density at radius 3 is 2.14 bits per heavy atom. The summed E-state index contributed by atoms with van der Waals surface area (Å²) < 4.78 is 20.2. The van der Waals surface area contributed by atoms with Crippen LogP contribution in [0.25, 0.3) is 0 Å². The minimum Gasteiger partial charge on any atom is -0.497 e. The fraction of sp³-hybridized carbons (Fsp3) is 0.467. The summed E-state index contributed by atoms with van der Waals surface area (Å²) in [6.45, 7) is 5.21. The maximum absolute atomic E-state index is 11.9. The van der Waals surface area contributed by atoms with Crippen molar-refractivity contribution in [2.75, 3.05) is 26.6 Å². The molecule has 1 rings (SSSR count). The van der Waals surface area contributed by atoms with Gasteiger partial charge < -0.3 is 18.9 Å². The topological polar surface area (TPSA) is 83.1 Å². The van der Waals surface area contributed by atoms with Crippen LogP contribution in [0.3, 0.4) is 0 Å². The number of methoxy groups -OCH3 is 3. The lowest BCUT2D eigenvalue weighted by atomic mass is 10.1. The van der Waals surface area contributed by atoms with Gasteiger partial charge in [-0.1, -0.05) is 0 Å². The molecule has 122 valence electrons. The Kier molecular flexibility index (Phi) is 5.62. The zero-order valence-corrected chi connectivity index (χ0v) is 13.6. The van der Waals surface area contributed by atoms with E-state index in [0.717, 1.165) is 0 Å². The van der Waals surface area contributed by atoms with Gasteiger partial charge in [0.1, 0.15) is 22.7 Å². The second-order valence-corrected chi connectivity index (χ2v) is 5.37. The van der Waals surface area contributed by atoms with E-state index < -0.39 is 17.7 Å². The number of hydrogen-bond donors (Lipinski definition) is 1. The third-order valence-electron chi connectivity index (χ3n) is 2.56. The molecule has 0 spiro atoms. The van der Waals surface area contributed by atoms with E-state index in [2.05, 4.69) is 5.32 Å². The quantitative estimate of drug-likeness (QED) is 0.861. The standard InChI is InChI=1S/C15H21NO6/c1-15(2,3)22-14(18)16-10-7-9(19-4)8-11(20-5)12(10)13(17)21-6/h7-8H,1-6H3,(H,16,18). The van der Waals surface area contributed by atoms with Gasteiger partial charge >= 0.3 is 12.1 Å². The van der Waals surface area contributed by atoms with Crippen LogP contribution in [0.2, 0.25) is 0 Å². The van der Waals surface area contributed by atoms with Crippen LogP contribution in [0.1, 0.15) is 31.1 Å². The Morgan fingerprint density at radius 2 is 1.68 bits per heavy atom. The zero-order chi connectivity index (χ0) is 16.9. The average Bonchev–Trinajstić information content (AvgIpc) is 2.43. The summed E-state index contributed by atoms with van der Waals surface area (Å²) in [4.78, 5) is 23.9. The number of anilines is 1. The molecule has 0 saturated heterocycles. The molecule has 7 nitrogen and oxygen atoms in total. The molecule has 0 radical (unpaired) electrons. The molecule has 1 amide bonds. The number of carbonyl (C=O) groups excluding carboxylic acids is 2. The summed E-state index contributed by atoms with van der Waals surface area (Å²) >= 11 is 0. The summed E-state index contributed by atoms with van der Waals surface area (Å²) in [6.07, 6.45) is -0.701. The number of hydrogen-bond acceptors (Lipinski definition) is 6. The Bertz CT molecular complexity index is 562. The van der Waals surface area contributed by atoms with E-state index in [9.17, 15) is 9.59 Å². The highest BCUT2D eigenvalue weighted by Crippen LogP contribution is 2.33. The minimum atomic E-state index is -0.701. The van der Waals surface area contributed by atoms with Crippen LogP contribution in [0.15, 0.2) is 12.1 Å². The molecular weight excluding hydrogens is 290 g/mol. The van der Waals surface area contributed by atoms with Crippen LogP contribution in [0.5, 0.6) is 11.5 Å². The van der Waals surface area contributed by atoms with Gasteiger partial charge in [0.15, 0.2) is 0 Å². The van der Waals surface area contributed by atoms with Crippen LogP contribution in [0.4, 0.5) is 10.5 Å². The highest BCUT2D eigenvalue weighted by atomic mass is 16.6. The van der Waals surface area contributed by atoms with Crippen molar-refractivity contribution in [2.24, 2.45) is 0 Å². The molecule has 0 unspecified atom stereocenters. The highest BCUT2D eigenvalue weighted by molar-refractivity contribution is 6.02. The number of benzene rings is 1. The molecule has 7 heteroatoms. The van der Waals surface area contributed by atoms with E-state index in [4.69, 9.17) is 18.9 Å². The monoisotopic (exact) mass is 311 g/mol. The molecule has 0 saturated carbocycles. The van der Waals surface area contributed by atoms with E-state index in [0.29, 0.717) is 5.75 Å². The predicted molar refractivity (Wildman–Crippen MR) is 80.7 cm³/mol. The smallest absolute Gasteiger partial charge is 0.412 e.